The third-order valence-electron chi connectivity index (χ3n) is 3.62. The van der Waals surface area contributed by atoms with Gasteiger partial charge in [-0.1, -0.05) is 6.92 Å². The lowest BCUT2D eigenvalue weighted by Crippen LogP contribution is -1.97. The Morgan fingerprint density at radius 2 is 1.73 bits per heavy atom. The van der Waals surface area contributed by atoms with Crippen LogP contribution in [-0.2, 0) is 0 Å². The van der Waals surface area contributed by atoms with Gasteiger partial charge in [0.05, 0.1) is 13.2 Å². The summed E-state index contributed by atoms with van der Waals surface area (Å²) < 4.78 is 11.2. The Bertz CT molecular complexity index is 736. The van der Waals surface area contributed by atoms with Gasteiger partial charge in [-0.2, -0.15) is 0 Å². The van der Waals surface area contributed by atoms with Crippen LogP contribution in [-0.4, -0.2) is 24.7 Å². The van der Waals surface area contributed by atoms with Crippen LogP contribution >= 0.6 is 11.8 Å². The van der Waals surface area contributed by atoms with Crippen molar-refractivity contribution < 1.29 is 14.3 Å². The van der Waals surface area contributed by atoms with E-state index in [4.69, 9.17) is 9.47 Å². The number of thioether (sulfide) groups is 1. The zero-order valence-corrected chi connectivity index (χ0v) is 16.5. The lowest BCUT2D eigenvalue weighted by atomic mass is 10.1. The molecular formula is C22H26O3S. The van der Waals surface area contributed by atoms with Crippen LogP contribution in [0.3, 0.4) is 0 Å². The molecule has 0 aliphatic heterocycles. The van der Waals surface area contributed by atoms with Gasteiger partial charge in [0.1, 0.15) is 11.5 Å². The quantitative estimate of drug-likeness (QED) is 0.297. The van der Waals surface area contributed by atoms with Crippen LogP contribution in [0.15, 0.2) is 53.4 Å². The predicted octanol–water partition coefficient (Wildman–Crippen LogP) is 5.88. The lowest BCUT2D eigenvalue weighted by molar-refractivity contribution is 0.104. The smallest absolute Gasteiger partial charge is 0.185 e. The second-order valence-corrected chi connectivity index (χ2v) is 6.80. The van der Waals surface area contributed by atoms with Crippen LogP contribution in [0, 0.1) is 0 Å². The molecule has 0 N–H and O–H groups in total. The van der Waals surface area contributed by atoms with E-state index in [0.717, 1.165) is 23.5 Å². The average Bonchev–Trinajstić information content (AvgIpc) is 2.66. The van der Waals surface area contributed by atoms with Crippen molar-refractivity contribution in [1.82, 2.24) is 0 Å². The van der Waals surface area contributed by atoms with Crippen molar-refractivity contribution >= 4 is 23.6 Å². The van der Waals surface area contributed by atoms with E-state index in [-0.39, 0.29) is 5.78 Å². The first-order valence-electron chi connectivity index (χ1n) is 9.02. The third kappa shape index (κ3) is 5.95. The standard InChI is InChI=1S/C22H26O3S/c1-4-15-26-20-12-8-17(9-13-20)21(23)14-10-18-7-11-19(24-5-2)16-22(18)25-6-3/h7-14,16H,4-6,15H2,1-3H3/b14-10+. The number of carbonyl (C=O) groups excluding carboxylic acids is 1. The fraction of sp³-hybridized carbons (Fsp3) is 0.318. The maximum atomic E-state index is 12.4. The van der Waals surface area contributed by atoms with E-state index in [1.54, 1.807) is 23.9 Å². The van der Waals surface area contributed by atoms with Crippen molar-refractivity contribution in [1.29, 1.82) is 0 Å². The number of rotatable bonds is 10. The van der Waals surface area contributed by atoms with Crippen LogP contribution in [0.2, 0.25) is 0 Å². The zero-order chi connectivity index (χ0) is 18.8. The number of ketones is 1. The summed E-state index contributed by atoms with van der Waals surface area (Å²) in [6, 6.07) is 13.4. The Balaban J connectivity index is 2.11. The highest BCUT2D eigenvalue weighted by molar-refractivity contribution is 7.99. The van der Waals surface area contributed by atoms with E-state index >= 15 is 0 Å². The van der Waals surface area contributed by atoms with Crippen molar-refractivity contribution in [3.8, 4) is 11.5 Å². The minimum absolute atomic E-state index is 0.0200. The monoisotopic (exact) mass is 370 g/mol. The zero-order valence-electron chi connectivity index (χ0n) is 15.7. The summed E-state index contributed by atoms with van der Waals surface area (Å²) in [7, 11) is 0. The van der Waals surface area contributed by atoms with E-state index < -0.39 is 0 Å². The van der Waals surface area contributed by atoms with Crippen molar-refractivity contribution in [2.75, 3.05) is 19.0 Å². The molecule has 4 heteroatoms. The SMILES string of the molecule is CCCSc1ccc(C(=O)/C=C/c2ccc(OCC)cc2OCC)cc1. The Labute approximate surface area is 160 Å². The molecule has 0 spiro atoms. The molecule has 138 valence electrons. The number of allylic oxidation sites excluding steroid dienone is 1. The fourth-order valence-electron chi connectivity index (χ4n) is 2.39. The van der Waals surface area contributed by atoms with E-state index in [1.165, 1.54) is 4.90 Å². The maximum Gasteiger partial charge on any atom is 0.185 e. The van der Waals surface area contributed by atoms with E-state index in [9.17, 15) is 4.79 Å². The Morgan fingerprint density at radius 1 is 1.00 bits per heavy atom. The predicted molar refractivity (Wildman–Crippen MR) is 110 cm³/mol. The molecule has 0 aromatic heterocycles. The number of hydrogen-bond acceptors (Lipinski definition) is 4. The van der Waals surface area contributed by atoms with Crippen LogP contribution in [0.5, 0.6) is 11.5 Å². The summed E-state index contributed by atoms with van der Waals surface area (Å²) in [4.78, 5) is 13.6. The molecule has 0 radical (unpaired) electrons. The van der Waals surface area contributed by atoms with Gasteiger partial charge in [-0.15, -0.1) is 11.8 Å². The minimum Gasteiger partial charge on any atom is -0.494 e. The largest absolute Gasteiger partial charge is 0.494 e. The number of benzene rings is 2. The molecule has 0 heterocycles. The summed E-state index contributed by atoms with van der Waals surface area (Å²) in [5, 5.41) is 0. The van der Waals surface area contributed by atoms with Crippen LogP contribution < -0.4 is 9.47 Å². The molecule has 2 rings (SSSR count). The molecule has 26 heavy (non-hydrogen) atoms. The van der Waals surface area contributed by atoms with Gasteiger partial charge in [-0.25, -0.2) is 0 Å². The molecule has 0 atom stereocenters. The molecule has 0 fully saturated rings. The molecule has 0 saturated heterocycles. The number of carbonyl (C=O) groups is 1. The highest BCUT2D eigenvalue weighted by atomic mass is 32.2. The molecule has 0 amide bonds. The minimum atomic E-state index is -0.0200. The van der Waals surface area contributed by atoms with Gasteiger partial charge >= 0.3 is 0 Å². The molecule has 2 aromatic rings. The van der Waals surface area contributed by atoms with Gasteiger partial charge in [0.15, 0.2) is 5.78 Å². The molecule has 3 nitrogen and oxygen atoms in total. The fourth-order valence-corrected chi connectivity index (χ4v) is 3.15. The third-order valence-corrected chi connectivity index (χ3v) is 4.84. The van der Waals surface area contributed by atoms with Crippen LogP contribution in [0.25, 0.3) is 6.08 Å². The van der Waals surface area contributed by atoms with Crippen molar-refractivity contribution in [3.05, 3.63) is 59.7 Å². The molecular weight excluding hydrogens is 344 g/mol. The summed E-state index contributed by atoms with van der Waals surface area (Å²) in [6.45, 7) is 7.20. The average molecular weight is 371 g/mol. The highest BCUT2D eigenvalue weighted by Crippen LogP contribution is 2.26. The van der Waals surface area contributed by atoms with Gasteiger partial charge < -0.3 is 9.47 Å². The molecule has 0 bridgehead atoms. The second kappa shape index (κ2) is 10.7. The summed E-state index contributed by atoms with van der Waals surface area (Å²) in [6.07, 6.45) is 4.52. The first-order valence-corrected chi connectivity index (χ1v) is 10.0. The Morgan fingerprint density at radius 3 is 2.38 bits per heavy atom. The molecule has 2 aromatic carbocycles. The summed E-state index contributed by atoms with van der Waals surface area (Å²) in [5.41, 5.74) is 1.55. The summed E-state index contributed by atoms with van der Waals surface area (Å²) in [5.74, 6) is 2.55. The second-order valence-electron chi connectivity index (χ2n) is 5.64. The first-order chi connectivity index (χ1) is 12.7. The normalized spacial score (nSPS) is 10.9. The van der Waals surface area contributed by atoms with Gasteiger partial charge in [0.25, 0.3) is 0 Å². The Kier molecular flexibility index (Phi) is 8.29. The molecule has 0 unspecified atom stereocenters. The van der Waals surface area contributed by atoms with Gasteiger partial charge in [0.2, 0.25) is 0 Å². The Hall–Kier alpha value is -2.20. The molecule has 0 aliphatic carbocycles. The van der Waals surface area contributed by atoms with Crippen molar-refractivity contribution in [2.45, 2.75) is 32.1 Å². The maximum absolute atomic E-state index is 12.4. The number of ether oxygens (including phenoxy) is 2. The van der Waals surface area contributed by atoms with Crippen LogP contribution in [0.1, 0.15) is 43.1 Å². The van der Waals surface area contributed by atoms with Gasteiger partial charge in [0, 0.05) is 22.1 Å². The van der Waals surface area contributed by atoms with Gasteiger partial charge in [-0.05, 0) is 74.6 Å². The van der Waals surface area contributed by atoms with Gasteiger partial charge in [-0.3, -0.25) is 4.79 Å². The molecule has 0 aliphatic rings. The van der Waals surface area contributed by atoms with Crippen molar-refractivity contribution in [3.63, 3.8) is 0 Å². The van der Waals surface area contributed by atoms with E-state index in [1.807, 2.05) is 56.3 Å². The number of hydrogen-bond donors (Lipinski definition) is 0. The summed E-state index contributed by atoms with van der Waals surface area (Å²) >= 11 is 1.81. The highest BCUT2D eigenvalue weighted by Gasteiger charge is 2.06. The molecule has 0 saturated carbocycles. The van der Waals surface area contributed by atoms with E-state index in [2.05, 4.69) is 6.92 Å². The first kappa shape index (κ1) is 20.1. The van der Waals surface area contributed by atoms with Crippen LogP contribution in [0.4, 0.5) is 0 Å². The van der Waals surface area contributed by atoms with Crippen molar-refractivity contribution in [2.24, 2.45) is 0 Å². The van der Waals surface area contributed by atoms with E-state index in [0.29, 0.717) is 24.5 Å². The topological polar surface area (TPSA) is 35.5 Å². The lowest BCUT2D eigenvalue weighted by Gasteiger charge is -2.10.